The van der Waals surface area contributed by atoms with Gasteiger partial charge in [0.15, 0.2) is 0 Å². The predicted octanol–water partition coefficient (Wildman–Crippen LogP) is 1.09. The van der Waals surface area contributed by atoms with Gasteiger partial charge < -0.3 is 20.1 Å². The Labute approximate surface area is 138 Å². The summed E-state index contributed by atoms with van der Waals surface area (Å²) in [6, 6.07) is 5.90. The molecule has 6 nitrogen and oxygen atoms in total. The summed E-state index contributed by atoms with van der Waals surface area (Å²) >= 11 is 0. The fourth-order valence-electron chi connectivity index (χ4n) is 2.73. The zero-order valence-electron chi connectivity index (χ0n) is 14.5. The number of hydrogen-bond donors (Lipinski definition) is 1. The van der Waals surface area contributed by atoms with Crippen molar-refractivity contribution in [1.82, 2.24) is 9.80 Å². The minimum atomic E-state index is -0.803. The van der Waals surface area contributed by atoms with Crippen molar-refractivity contribution in [2.45, 2.75) is 25.9 Å². The molecule has 1 fully saturated rings. The van der Waals surface area contributed by atoms with Crippen LogP contribution in [0.4, 0.5) is 0 Å². The summed E-state index contributed by atoms with van der Waals surface area (Å²) in [6.45, 7) is 7.40. The molecule has 0 aliphatic carbocycles. The van der Waals surface area contributed by atoms with Gasteiger partial charge in [-0.25, -0.2) is 0 Å². The largest absolute Gasteiger partial charge is 0.497 e. The topological polar surface area (TPSA) is 68.0 Å². The van der Waals surface area contributed by atoms with Crippen molar-refractivity contribution < 1.29 is 14.3 Å². The fourth-order valence-corrected chi connectivity index (χ4v) is 2.73. The number of rotatable bonds is 5. The second-order valence-corrected chi connectivity index (χ2v) is 6.51. The molecular weight excluding hydrogens is 294 g/mol. The van der Waals surface area contributed by atoms with Crippen LogP contribution in [0.15, 0.2) is 18.2 Å². The Hall–Kier alpha value is -1.79. The quantitative estimate of drug-likeness (QED) is 0.879. The van der Waals surface area contributed by atoms with Crippen molar-refractivity contribution in [3.8, 4) is 11.5 Å². The van der Waals surface area contributed by atoms with Crippen LogP contribution < -0.4 is 15.2 Å². The molecule has 2 rings (SSSR count). The van der Waals surface area contributed by atoms with Gasteiger partial charge in [0.25, 0.3) is 0 Å². The summed E-state index contributed by atoms with van der Waals surface area (Å²) in [5, 5.41) is 0. The molecule has 2 N–H and O–H groups in total. The van der Waals surface area contributed by atoms with Crippen molar-refractivity contribution >= 4 is 5.91 Å². The minimum Gasteiger partial charge on any atom is -0.497 e. The number of benzene rings is 1. The van der Waals surface area contributed by atoms with Gasteiger partial charge in [-0.05, 0) is 31.5 Å². The van der Waals surface area contributed by atoms with Gasteiger partial charge in [-0.1, -0.05) is 0 Å². The maximum atomic E-state index is 12.2. The van der Waals surface area contributed by atoms with E-state index in [2.05, 4.69) is 4.90 Å². The van der Waals surface area contributed by atoms with E-state index in [1.165, 1.54) is 0 Å². The first kappa shape index (κ1) is 17.6. The summed E-state index contributed by atoms with van der Waals surface area (Å²) in [5.74, 6) is 1.59. The molecule has 1 aliphatic heterocycles. The second kappa shape index (κ2) is 7.19. The van der Waals surface area contributed by atoms with Gasteiger partial charge in [0.2, 0.25) is 5.91 Å². The van der Waals surface area contributed by atoms with Crippen LogP contribution in [-0.4, -0.2) is 61.6 Å². The lowest BCUT2D eigenvalue weighted by Gasteiger charge is -2.37. The average molecular weight is 321 g/mol. The van der Waals surface area contributed by atoms with Gasteiger partial charge >= 0.3 is 0 Å². The van der Waals surface area contributed by atoms with E-state index in [4.69, 9.17) is 15.2 Å². The summed E-state index contributed by atoms with van der Waals surface area (Å²) in [6.07, 6.45) is 0. The molecule has 0 atom stereocenters. The summed E-state index contributed by atoms with van der Waals surface area (Å²) in [4.78, 5) is 16.4. The van der Waals surface area contributed by atoms with Crippen LogP contribution in [0, 0.1) is 0 Å². The number of amides is 1. The van der Waals surface area contributed by atoms with E-state index in [-0.39, 0.29) is 5.91 Å². The Balaban J connectivity index is 1.95. The highest BCUT2D eigenvalue weighted by Crippen LogP contribution is 2.23. The molecule has 23 heavy (non-hydrogen) atoms. The van der Waals surface area contributed by atoms with Gasteiger partial charge in [0.05, 0.1) is 19.8 Å². The fraction of sp³-hybridized carbons (Fsp3) is 0.588. The number of nitrogens with two attached hydrogens (primary N) is 1. The summed E-state index contributed by atoms with van der Waals surface area (Å²) in [7, 11) is 3.30. The van der Waals surface area contributed by atoms with Gasteiger partial charge in [0.1, 0.15) is 11.5 Å². The Bertz CT molecular complexity index is 524. The number of methoxy groups -OCH3 is 2. The molecular formula is C17H27N3O3. The van der Waals surface area contributed by atoms with E-state index >= 15 is 0 Å². The average Bonchev–Trinajstić information content (AvgIpc) is 2.53. The van der Waals surface area contributed by atoms with Crippen LogP contribution in [0.3, 0.4) is 0 Å². The van der Waals surface area contributed by atoms with Crippen LogP contribution in [0.2, 0.25) is 0 Å². The van der Waals surface area contributed by atoms with Crippen LogP contribution in [0.25, 0.3) is 0 Å². The minimum absolute atomic E-state index is 0.0141. The first-order valence-electron chi connectivity index (χ1n) is 7.86. The molecule has 1 aromatic carbocycles. The molecule has 0 radical (unpaired) electrons. The van der Waals surface area contributed by atoms with Crippen LogP contribution in [0.5, 0.6) is 11.5 Å². The number of ether oxygens (including phenoxy) is 2. The van der Waals surface area contributed by atoms with Gasteiger partial charge in [0, 0.05) is 38.8 Å². The van der Waals surface area contributed by atoms with Gasteiger partial charge in [-0.3, -0.25) is 9.69 Å². The van der Waals surface area contributed by atoms with Crippen molar-refractivity contribution in [2.75, 3.05) is 40.4 Å². The second-order valence-electron chi connectivity index (χ2n) is 6.51. The molecule has 128 valence electrons. The van der Waals surface area contributed by atoms with E-state index in [1.807, 2.05) is 23.1 Å². The molecule has 0 spiro atoms. The van der Waals surface area contributed by atoms with Crippen molar-refractivity contribution in [1.29, 1.82) is 0 Å². The Morgan fingerprint density at radius 1 is 1.09 bits per heavy atom. The Morgan fingerprint density at radius 2 is 1.61 bits per heavy atom. The number of nitrogens with zero attached hydrogens (tertiary/aromatic N) is 2. The Morgan fingerprint density at radius 3 is 2.04 bits per heavy atom. The maximum Gasteiger partial charge on any atom is 0.242 e. The van der Waals surface area contributed by atoms with E-state index in [0.717, 1.165) is 36.7 Å². The molecule has 1 aromatic rings. The molecule has 1 amide bonds. The van der Waals surface area contributed by atoms with E-state index in [9.17, 15) is 4.79 Å². The summed E-state index contributed by atoms with van der Waals surface area (Å²) < 4.78 is 10.6. The monoisotopic (exact) mass is 321 g/mol. The first-order chi connectivity index (χ1) is 10.8. The first-order valence-corrected chi connectivity index (χ1v) is 7.86. The lowest BCUT2D eigenvalue weighted by Crippen LogP contribution is -2.56. The lowest BCUT2D eigenvalue weighted by atomic mass is 10.0. The maximum absolute atomic E-state index is 12.2. The highest BCUT2D eigenvalue weighted by Gasteiger charge is 2.30. The molecule has 6 heteroatoms. The third-order valence-corrected chi connectivity index (χ3v) is 4.03. The van der Waals surface area contributed by atoms with Crippen molar-refractivity contribution in [3.63, 3.8) is 0 Å². The zero-order chi connectivity index (χ0) is 17.0. The predicted molar refractivity (Wildman–Crippen MR) is 89.7 cm³/mol. The zero-order valence-corrected chi connectivity index (χ0v) is 14.5. The third-order valence-electron chi connectivity index (χ3n) is 4.03. The molecule has 0 aromatic heterocycles. The standard InChI is InChI=1S/C17H27N3O3/c1-17(2,18)16(21)20-7-5-19(6-8-20)12-13-9-14(22-3)11-15(10-13)23-4/h9-11H,5-8,12,18H2,1-4H3. The molecule has 0 bridgehead atoms. The molecule has 0 saturated carbocycles. The van der Waals surface area contributed by atoms with E-state index < -0.39 is 5.54 Å². The number of carbonyl (C=O) groups is 1. The number of piperazine rings is 1. The molecule has 1 saturated heterocycles. The lowest BCUT2D eigenvalue weighted by molar-refractivity contribution is -0.137. The highest BCUT2D eigenvalue weighted by atomic mass is 16.5. The van der Waals surface area contributed by atoms with Crippen molar-refractivity contribution in [2.24, 2.45) is 5.73 Å². The smallest absolute Gasteiger partial charge is 0.242 e. The highest BCUT2D eigenvalue weighted by molar-refractivity contribution is 5.85. The molecule has 1 heterocycles. The summed E-state index contributed by atoms with van der Waals surface area (Å²) in [5.41, 5.74) is 6.24. The number of hydrogen-bond acceptors (Lipinski definition) is 5. The van der Waals surface area contributed by atoms with Gasteiger partial charge in [-0.2, -0.15) is 0 Å². The van der Waals surface area contributed by atoms with Gasteiger partial charge in [-0.15, -0.1) is 0 Å². The number of carbonyl (C=O) groups excluding carboxylic acids is 1. The Kier molecular flexibility index (Phi) is 5.49. The van der Waals surface area contributed by atoms with Crippen LogP contribution in [-0.2, 0) is 11.3 Å². The third kappa shape index (κ3) is 4.59. The molecule has 1 aliphatic rings. The van der Waals surface area contributed by atoms with E-state index in [0.29, 0.717) is 13.1 Å². The normalized spacial score (nSPS) is 16.3. The van der Waals surface area contributed by atoms with Crippen LogP contribution in [0.1, 0.15) is 19.4 Å². The SMILES string of the molecule is COc1cc(CN2CCN(C(=O)C(C)(C)N)CC2)cc(OC)c1. The van der Waals surface area contributed by atoms with E-state index in [1.54, 1.807) is 28.1 Å². The van der Waals surface area contributed by atoms with Crippen molar-refractivity contribution in [3.05, 3.63) is 23.8 Å². The van der Waals surface area contributed by atoms with Crippen LogP contribution >= 0.6 is 0 Å². The molecule has 0 unspecified atom stereocenters.